The summed E-state index contributed by atoms with van der Waals surface area (Å²) in [6.45, 7) is 5.30. The SMILES string of the molecule is CC(C)(C)OC(=O)NCC(=O)CCc1ccn[nH]1. The van der Waals surface area contributed by atoms with Crippen LogP contribution in [0, 0.1) is 0 Å². The van der Waals surface area contributed by atoms with E-state index in [0.29, 0.717) is 12.8 Å². The fourth-order valence-corrected chi connectivity index (χ4v) is 1.27. The number of Topliss-reactive ketones (excluding diaryl/α,β-unsaturated/α-hetero) is 1. The molecule has 0 bridgehead atoms. The zero-order valence-electron chi connectivity index (χ0n) is 10.9. The maximum absolute atomic E-state index is 11.5. The maximum Gasteiger partial charge on any atom is 0.408 e. The van der Waals surface area contributed by atoms with Crippen molar-refractivity contribution in [3.8, 4) is 0 Å². The van der Waals surface area contributed by atoms with Crippen LogP contribution in [0.25, 0.3) is 0 Å². The van der Waals surface area contributed by atoms with Gasteiger partial charge < -0.3 is 10.1 Å². The van der Waals surface area contributed by atoms with Crippen LogP contribution in [0.4, 0.5) is 4.79 Å². The Bertz CT molecular complexity index is 393. The maximum atomic E-state index is 11.5. The van der Waals surface area contributed by atoms with Crippen molar-refractivity contribution < 1.29 is 14.3 Å². The topological polar surface area (TPSA) is 84.1 Å². The summed E-state index contributed by atoms with van der Waals surface area (Å²) in [6, 6.07) is 1.81. The average Bonchev–Trinajstić information content (AvgIpc) is 2.74. The standard InChI is InChI=1S/C12H19N3O3/c1-12(2,3)18-11(17)13-8-10(16)5-4-9-6-7-14-15-9/h6-7H,4-5,8H2,1-3H3,(H,13,17)(H,14,15). The third-order valence-corrected chi connectivity index (χ3v) is 2.06. The van der Waals surface area contributed by atoms with E-state index in [4.69, 9.17) is 4.74 Å². The first-order valence-electron chi connectivity index (χ1n) is 5.83. The lowest BCUT2D eigenvalue weighted by Crippen LogP contribution is -2.35. The van der Waals surface area contributed by atoms with Crippen LogP contribution in [0.5, 0.6) is 0 Å². The van der Waals surface area contributed by atoms with Crippen LogP contribution in [-0.2, 0) is 16.0 Å². The second kappa shape index (κ2) is 6.18. The van der Waals surface area contributed by atoms with Gasteiger partial charge in [0.15, 0.2) is 5.78 Å². The van der Waals surface area contributed by atoms with Crippen LogP contribution in [0.1, 0.15) is 32.9 Å². The van der Waals surface area contributed by atoms with Gasteiger partial charge in [0, 0.05) is 18.3 Å². The lowest BCUT2D eigenvalue weighted by atomic mass is 10.2. The molecule has 1 aromatic heterocycles. The summed E-state index contributed by atoms with van der Waals surface area (Å²) in [5, 5.41) is 9.00. The van der Waals surface area contributed by atoms with Crippen molar-refractivity contribution >= 4 is 11.9 Å². The van der Waals surface area contributed by atoms with Crippen LogP contribution < -0.4 is 5.32 Å². The molecule has 0 unspecified atom stereocenters. The Morgan fingerprint density at radius 2 is 2.17 bits per heavy atom. The normalized spacial score (nSPS) is 11.1. The summed E-state index contributed by atoms with van der Waals surface area (Å²) in [4.78, 5) is 22.8. The third-order valence-electron chi connectivity index (χ3n) is 2.06. The molecule has 0 fully saturated rings. The molecule has 1 heterocycles. The van der Waals surface area contributed by atoms with Crippen molar-refractivity contribution in [2.75, 3.05) is 6.54 Å². The molecule has 0 aliphatic rings. The molecule has 18 heavy (non-hydrogen) atoms. The van der Waals surface area contributed by atoms with Gasteiger partial charge in [-0.25, -0.2) is 4.79 Å². The number of aromatic amines is 1. The highest BCUT2D eigenvalue weighted by Gasteiger charge is 2.16. The number of hydrogen-bond acceptors (Lipinski definition) is 4. The van der Waals surface area contributed by atoms with E-state index >= 15 is 0 Å². The zero-order valence-corrected chi connectivity index (χ0v) is 10.9. The van der Waals surface area contributed by atoms with Gasteiger partial charge in [-0.15, -0.1) is 0 Å². The number of aromatic nitrogens is 2. The number of nitrogens with zero attached hydrogens (tertiary/aromatic N) is 1. The molecule has 0 saturated carbocycles. The van der Waals surface area contributed by atoms with Gasteiger partial charge in [0.25, 0.3) is 0 Å². The molecule has 1 rings (SSSR count). The van der Waals surface area contributed by atoms with Crippen molar-refractivity contribution in [2.24, 2.45) is 0 Å². The number of H-pyrrole nitrogens is 1. The Kier molecular flexibility index (Phi) is 4.88. The molecule has 1 aromatic rings. The fourth-order valence-electron chi connectivity index (χ4n) is 1.27. The van der Waals surface area contributed by atoms with Crippen molar-refractivity contribution in [3.63, 3.8) is 0 Å². The number of nitrogens with one attached hydrogen (secondary N) is 2. The van der Waals surface area contributed by atoms with Gasteiger partial charge in [0.05, 0.1) is 6.54 Å². The van der Waals surface area contributed by atoms with E-state index in [2.05, 4.69) is 15.5 Å². The summed E-state index contributed by atoms with van der Waals surface area (Å²) >= 11 is 0. The molecular weight excluding hydrogens is 234 g/mol. The zero-order chi connectivity index (χ0) is 13.6. The van der Waals surface area contributed by atoms with E-state index in [0.717, 1.165) is 5.69 Å². The number of amides is 1. The molecule has 6 heteroatoms. The predicted molar refractivity (Wildman–Crippen MR) is 66.2 cm³/mol. The van der Waals surface area contributed by atoms with E-state index in [1.54, 1.807) is 27.0 Å². The van der Waals surface area contributed by atoms with Crippen LogP contribution in [0.2, 0.25) is 0 Å². The van der Waals surface area contributed by atoms with Gasteiger partial charge in [-0.1, -0.05) is 0 Å². The molecule has 1 amide bonds. The third kappa shape index (κ3) is 6.03. The minimum atomic E-state index is -0.572. The van der Waals surface area contributed by atoms with E-state index in [9.17, 15) is 9.59 Å². The Labute approximate surface area is 106 Å². The van der Waals surface area contributed by atoms with E-state index in [-0.39, 0.29) is 12.3 Å². The van der Waals surface area contributed by atoms with Crippen molar-refractivity contribution in [2.45, 2.75) is 39.2 Å². The summed E-state index contributed by atoms with van der Waals surface area (Å²) in [6.07, 6.45) is 2.02. The molecule has 2 N–H and O–H groups in total. The van der Waals surface area contributed by atoms with Crippen molar-refractivity contribution in [3.05, 3.63) is 18.0 Å². The molecule has 0 atom stereocenters. The van der Waals surface area contributed by atoms with Gasteiger partial charge in [-0.2, -0.15) is 5.10 Å². The lowest BCUT2D eigenvalue weighted by Gasteiger charge is -2.19. The monoisotopic (exact) mass is 253 g/mol. The van der Waals surface area contributed by atoms with Gasteiger partial charge in [0.1, 0.15) is 5.60 Å². The largest absolute Gasteiger partial charge is 0.444 e. The van der Waals surface area contributed by atoms with Crippen LogP contribution >= 0.6 is 0 Å². The first kappa shape index (κ1) is 14.2. The van der Waals surface area contributed by atoms with Gasteiger partial charge in [0.2, 0.25) is 0 Å². The smallest absolute Gasteiger partial charge is 0.408 e. The summed E-state index contributed by atoms with van der Waals surface area (Å²) in [5.74, 6) is -0.0459. The number of carbonyl (C=O) groups excluding carboxylic acids is 2. The van der Waals surface area contributed by atoms with Crippen molar-refractivity contribution in [1.29, 1.82) is 0 Å². The van der Waals surface area contributed by atoms with Crippen molar-refractivity contribution in [1.82, 2.24) is 15.5 Å². The first-order valence-corrected chi connectivity index (χ1v) is 5.83. The predicted octanol–water partition coefficient (Wildman–Crippen LogP) is 1.44. The van der Waals surface area contributed by atoms with E-state index < -0.39 is 11.7 Å². The van der Waals surface area contributed by atoms with Crippen LogP contribution in [0.3, 0.4) is 0 Å². The number of ketones is 1. The Morgan fingerprint density at radius 3 is 2.72 bits per heavy atom. The number of ether oxygens (including phenoxy) is 1. The Morgan fingerprint density at radius 1 is 1.44 bits per heavy atom. The average molecular weight is 253 g/mol. The first-order chi connectivity index (χ1) is 8.37. The molecule has 6 nitrogen and oxygen atoms in total. The summed E-state index contributed by atoms with van der Waals surface area (Å²) in [5.41, 5.74) is 0.351. The minimum Gasteiger partial charge on any atom is -0.444 e. The molecule has 0 radical (unpaired) electrons. The molecule has 0 aliphatic carbocycles. The number of hydrogen-bond donors (Lipinski definition) is 2. The lowest BCUT2D eigenvalue weighted by molar-refractivity contribution is -0.118. The van der Waals surface area contributed by atoms with Gasteiger partial charge in [-0.05, 0) is 33.3 Å². The summed E-state index contributed by atoms with van der Waals surface area (Å²) in [7, 11) is 0. The second-order valence-corrected chi connectivity index (χ2v) is 4.98. The molecule has 0 aromatic carbocycles. The Balaban J connectivity index is 2.19. The molecule has 0 spiro atoms. The second-order valence-electron chi connectivity index (χ2n) is 4.98. The van der Waals surface area contributed by atoms with Gasteiger partial charge >= 0.3 is 6.09 Å². The minimum absolute atomic E-state index is 0.0109. The van der Waals surface area contributed by atoms with E-state index in [1.807, 2.05) is 6.07 Å². The number of alkyl carbamates (subject to hydrolysis) is 1. The number of carbonyl (C=O) groups is 2. The summed E-state index contributed by atoms with van der Waals surface area (Å²) < 4.78 is 5.02. The van der Waals surface area contributed by atoms with Crippen LogP contribution in [-0.4, -0.2) is 34.2 Å². The number of aryl methyl sites for hydroxylation is 1. The van der Waals surface area contributed by atoms with Crippen LogP contribution in [0.15, 0.2) is 12.3 Å². The molecule has 0 aliphatic heterocycles. The highest BCUT2D eigenvalue weighted by molar-refractivity contribution is 5.84. The molecular formula is C12H19N3O3. The quantitative estimate of drug-likeness (QED) is 0.831. The fraction of sp³-hybridized carbons (Fsp3) is 0.583. The highest BCUT2D eigenvalue weighted by Crippen LogP contribution is 2.06. The Hall–Kier alpha value is -1.85. The highest BCUT2D eigenvalue weighted by atomic mass is 16.6. The van der Waals surface area contributed by atoms with Gasteiger partial charge in [-0.3, -0.25) is 9.89 Å². The van der Waals surface area contributed by atoms with E-state index in [1.165, 1.54) is 0 Å². The molecule has 100 valence electrons. The molecule has 0 saturated heterocycles. The number of rotatable bonds is 5.